The number of halogens is 2. The Labute approximate surface area is 116 Å². The summed E-state index contributed by atoms with van der Waals surface area (Å²) in [5.41, 5.74) is 1.00. The van der Waals surface area contributed by atoms with Crippen molar-refractivity contribution >= 4 is 29.0 Å². The highest BCUT2D eigenvalue weighted by Crippen LogP contribution is 2.28. The molecule has 0 bridgehead atoms. The Kier molecular flexibility index (Phi) is 4.28. The fourth-order valence-corrected chi connectivity index (χ4v) is 1.78. The van der Waals surface area contributed by atoms with Crippen molar-refractivity contribution in [2.24, 2.45) is 0 Å². The first-order chi connectivity index (χ1) is 8.69. The minimum atomic E-state index is 0.414. The fourth-order valence-electron chi connectivity index (χ4n) is 1.45. The highest BCUT2D eigenvalue weighted by Gasteiger charge is 2.03. The monoisotopic (exact) mass is 282 g/mol. The van der Waals surface area contributed by atoms with Crippen molar-refractivity contribution in [2.75, 3.05) is 12.4 Å². The van der Waals surface area contributed by atoms with Crippen LogP contribution in [0.5, 0.6) is 5.75 Å². The molecule has 2 rings (SSSR count). The number of pyridine rings is 1. The summed E-state index contributed by atoms with van der Waals surface area (Å²) < 4.78 is 5.63. The summed E-state index contributed by atoms with van der Waals surface area (Å²) in [6.45, 7) is 0.414. The molecule has 0 aliphatic rings. The lowest BCUT2D eigenvalue weighted by Crippen LogP contribution is -1.98. The molecule has 0 atom stereocenters. The van der Waals surface area contributed by atoms with E-state index in [0.29, 0.717) is 22.4 Å². The molecule has 0 aliphatic heterocycles. The van der Waals surface area contributed by atoms with Crippen LogP contribution in [0.2, 0.25) is 10.0 Å². The second-order valence-corrected chi connectivity index (χ2v) is 4.51. The van der Waals surface area contributed by atoms with Crippen LogP contribution >= 0.6 is 23.2 Å². The zero-order valence-electron chi connectivity index (χ0n) is 9.78. The van der Waals surface area contributed by atoms with Crippen molar-refractivity contribution < 1.29 is 4.74 Å². The maximum absolute atomic E-state index is 6.01. The van der Waals surface area contributed by atoms with E-state index in [1.807, 2.05) is 19.2 Å². The summed E-state index contributed by atoms with van der Waals surface area (Å²) >= 11 is 11.9. The van der Waals surface area contributed by atoms with Crippen molar-refractivity contribution in [2.45, 2.75) is 6.61 Å². The molecule has 0 aliphatic carbocycles. The van der Waals surface area contributed by atoms with Crippen molar-refractivity contribution in [1.82, 2.24) is 4.98 Å². The number of hydrogen-bond donors (Lipinski definition) is 1. The average Bonchev–Trinajstić information content (AvgIpc) is 2.40. The van der Waals surface area contributed by atoms with Gasteiger partial charge in [-0.25, -0.2) is 4.98 Å². The van der Waals surface area contributed by atoms with E-state index in [1.165, 1.54) is 0 Å². The normalized spacial score (nSPS) is 10.2. The predicted octanol–water partition coefficient (Wildman–Crippen LogP) is 4.01. The molecule has 18 heavy (non-hydrogen) atoms. The Balaban J connectivity index is 2.08. The van der Waals surface area contributed by atoms with Gasteiger partial charge in [0.05, 0.1) is 5.02 Å². The van der Waals surface area contributed by atoms with E-state index in [2.05, 4.69) is 10.3 Å². The number of hydrogen-bond acceptors (Lipinski definition) is 3. The Morgan fingerprint density at radius 3 is 2.83 bits per heavy atom. The molecule has 0 radical (unpaired) electrons. The minimum Gasteiger partial charge on any atom is -0.487 e. The van der Waals surface area contributed by atoms with Gasteiger partial charge in [-0.2, -0.15) is 0 Å². The van der Waals surface area contributed by atoms with Gasteiger partial charge in [-0.05, 0) is 29.8 Å². The molecule has 1 aromatic carbocycles. The Morgan fingerprint density at radius 2 is 2.06 bits per heavy atom. The van der Waals surface area contributed by atoms with E-state index in [4.69, 9.17) is 27.9 Å². The predicted molar refractivity (Wildman–Crippen MR) is 74.6 cm³/mol. The first-order valence-electron chi connectivity index (χ1n) is 5.39. The van der Waals surface area contributed by atoms with Gasteiger partial charge in [-0.3, -0.25) is 0 Å². The third-order valence-electron chi connectivity index (χ3n) is 2.37. The van der Waals surface area contributed by atoms with Gasteiger partial charge in [0.15, 0.2) is 0 Å². The van der Waals surface area contributed by atoms with E-state index < -0.39 is 0 Å². The van der Waals surface area contributed by atoms with Gasteiger partial charge in [0.1, 0.15) is 18.2 Å². The van der Waals surface area contributed by atoms with Gasteiger partial charge in [0, 0.05) is 24.3 Å². The van der Waals surface area contributed by atoms with Crippen LogP contribution in [-0.2, 0) is 6.61 Å². The van der Waals surface area contributed by atoms with E-state index >= 15 is 0 Å². The Morgan fingerprint density at radius 1 is 1.22 bits per heavy atom. The van der Waals surface area contributed by atoms with E-state index in [9.17, 15) is 0 Å². The summed E-state index contributed by atoms with van der Waals surface area (Å²) in [6, 6.07) is 8.94. The molecule has 0 amide bonds. The van der Waals surface area contributed by atoms with Crippen LogP contribution in [0, 0.1) is 0 Å². The quantitative estimate of drug-likeness (QED) is 0.920. The molecule has 0 saturated heterocycles. The smallest absolute Gasteiger partial charge is 0.139 e. The molecule has 0 saturated carbocycles. The molecule has 1 heterocycles. The molecule has 0 spiro atoms. The Bertz CT molecular complexity index is 546. The average molecular weight is 283 g/mol. The second-order valence-electron chi connectivity index (χ2n) is 3.66. The number of nitrogens with zero attached hydrogens (tertiary/aromatic N) is 1. The zero-order valence-corrected chi connectivity index (χ0v) is 11.3. The number of rotatable bonds is 4. The van der Waals surface area contributed by atoms with Crippen molar-refractivity contribution in [3.63, 3.8) is 0 Å². The lowest BCUT2D eigenvalue weighted by Gasteiger charge is -2.09. The van der Waals surface area contributed by atoms with Gasteiger partial charge in [-0.15, -0.1) is 0 Å². The van der Waals surface area contributed by atoms with Crippen LogP contribution in [0.25, 0.3) is 0 Å². The summed E-state index contributed by atoms with van der Waals surface area (Å²) in [5.74, 6) is 1.38. The number of benzene rings is 1. The summed E-state index contributed by atoms with van der Waals surface area (Å²) in [4.78, 5) is 4.13. The maximum Gasteiger partial charge on any atom is 0.139 e. The molecule has 0 unspecified atom stereocenters. The van der Waals surface area contributed by atoms with Crippen molar-refractivity contribution in [3.05, 3.63) is 52.1 Å². The molecular weight excluding hydrogens is 271 g/mol. The first-order valence-corrected chi connectivity index (χ1v) is 6.15. The number of nitrogens with one attached hydrogen (secondary N) is 1. The van der Waals surface area contributed by atoms with E-state index in [1.54, 1.807) is 24.4 Å². The number of ether oxygens (including phenoxy) is 1. The molecular formula is C13H12Cl2N2O. The summed E-state index contributed by atoms with van der Waals surface area (Å²) in [7, 11) is 1.82. The van der Waals surface area contributed by atoms with Crippen molar-refractivity contribution in [1.29, 1.82) is 0 Å². The van der Waals surface area contributed by atoms with Crippen LogP contribution in [0.4, 0.5) is 5.82 Å². The number of aromatic nitrogens is 1. The fraction of sp³-hybridized carbons (Fsp3) is 0.154. The molecule has 5 heteroatoms. The van der Waals surface area contributed by atoms with Crippen LogP contribution in [0.15, 0.2) is 36.5 Å². The molecule has 1 aromatic heterocycles. The van der Waals surface area contributed by atoms with Crippen LogP contribution in [0.1, 0.15) is 5.56 Å². The summed E-state index contributed by atoms with van der Waals surface area (Å²) in [5, 5.41) is 4.11. The second kappa shape index (κ2) is 5.94. The topological polar surface area (TPSA) is 34.1 Å². The SMILES string of the molecule is CNc1cc(COc2cc(Cl)ccc2Cl)ccn1. The number of anilines is 1. The largest absolute Gasteiger partial charge is 0.487 e. The maximum atomic E-state index is 6.01. The highest BCUT2D eigenvalue weighted by atomic mass is 35.5. The van der Waals surface area contributed by atoms with Crippen molar-refractivity contribution in [3.8, 4) is 5.75 Å². The molecule has 3 nitrogen and oxygen atoms in total. The minimum absolute atomic E-state index is 0.414. The first kappa shape index (κ1) is 13.0. The van der Waals surface area contributed by atoms with Gasteiger partial charge < -0.3 is 10.1 Å². The third-order valence-corrected chi connectivity index (χ3v) is 2.92. The van der Waals surface area contributed by atoms with E-state index in [0.717, 1.165) is 11.4 Å². The highest BCUT2D eigenvalue weighted by molar-refractivity contribution is 6.34. The lowest BCUT2D eigenvalue weighted by molar-refractivity contribution is 0.306. The van der Waals surface area contributed by atoms with Crippen LogP contribution < -0.4 is 10.1 Å². The molecule has 94 valence electrons. The lowest BCUT2D eigenvalue weighted by atomic mass is 10.3. The van der Waals surface area contributed by atoms with Gasteiger partial charge in [0.25, 0.3) is 0 Å². The Hall–Kier alpha value is -1.45. The molecule has 0 fully saturated rings. The standard InChI is InChI=1S/C13H12Cl2N2O/c1-16-13-6-9(4-5-17-13)8-18-12-7-10(14)2-3-11(12)15/h2-7H,8H2,1H3,(H,16,17). The van der Waals surface area contributed by atoms with Gasteiger partial charge >= 0.3 is 0 Å². The zero-order chi connectivity index (χ0) is 13.0. The molecule has 2 aromatic rings. The third kappa shape index (κ3) is 3.28. The summed E-state index contributed by atoms with van der Waals surface area (Å²) in [6.07, 6.45) is 1.73. The van der Waals surface area contributed by atoms with Gasteiger partial charge in [-0.1, -0.05) is 23.2 Å². The van der Waals surface area contributed by atoms with E-state index in [-0.39, 0.29) is 0 Å². The van der Waals surface area contributed by atoms with Crippen LogP contribution in [0.3, 0.4) is 0 Å². The molecule has 1 N–H and O–H groups in total. The van der Waals surface area contributed by atoms with Gasteiger partial charge in [0.2, 0.25) is 0 Å². The van der Waals surface area contributed by atoms with Crippen LogP contribution in [-0.4, -0.2) is 12.0 Å².